The number of aromatic nitrogens is 6. The van der Waals surface area contributed by atoms with Crippen LogP contribution in [-0.4, -0.2) is 29.5 Å². The van der Waals surface area contributed by atoms with Crippen LogP contribution in [-0.2, 0) is 0 Å². The van der Waals surface area contributed by atoms with Crippen LogP contribution in [0.25, 0.3) is 16.8 Å². The first-order chi connectivity index (χ1) is 8.31. The van der Waals surface area contributed by atoms with E-state index in [4.69, 9.17) is 5.73 Å². The summed E-state index contributed by atoms with van der Waals surface area (Å²) in [6, 6.07) is -0.114. The van der Waals surface area contributed by atoms with Crippen molar-refractivity contribution in [2.24, 2.45) is 5.73 Å². The molecule has 0 saturated carbocycles. The van der Waals surface area contributed by atoms with E-state index in [9.17, 15) is 0 Å². The molecule has 3 rings (SSSR count). The van der Waals surface area contributed by atoms with Crippen LogP contribution >= 0.6 is 0 Å². The average molecular weight is 231 g/mol. The molecule has 7 heteroatoms. The van der Waals surface area contributed by atoms with E-state index in [2.05, 4.69) is 32.1 Å². The Morgan fingerprint density at radius 2 is 2.29 bits per heavy atom. The van der Waals surface area contributed by atoms with Crippen molar-refractivity contribution < 1.29 is 0 Å². The van der Waals surface area contributed by atoms with E-state index in [0.29, 0.717) is 11.3 Å². The number of nitrogens with one attached hydrogen (secondary N) is 1. The second kappa shape index (κ2) is 3.77. The fourth-order valence-electron chi connectivity index (χ4n) is 1.94. The first-order valence-electron chi connectivity index (χ1n) is 5.59. The predicted molar refractivity (Wildman–Crippen MR) is 62.3 cm³/mol. The van der Waals surface area contributed by atoms with Gasteiger partial charge in [0.05, 0.1) is 12.4 Å². The molecule has 1 unspecified atom stereocenters. The van der Waals surface area contributed by atoms with Gasteiger partial charge in [-0.2, -0.15) is 0 Å². The number of hydrogen-bond acceptors (Lipinski definition) is 5. The summed E-state index contributed by atoms with van der Waals surface area (Å²) in [5.41, 5.74) is 8.20. The Hall–Kier alpha value is -2.02. The summed E-state index contributed by atoms with van der Waals surface area (Å²) in [5, 5.41) is 8.29. The molecule has 7 nitrogen and oxygen atoms in total. The summed E-state index contributed by atoms with van der Waals surface area (Å²) in [4.78, 5) is 11.3. The van der Waals surface area contributed by atoms with Gasteiger partial charge >= 0.3 is 0 Å². The van der Waals surface area contributed by atoms with Gasteiger partial charge in [-0.3, -0.25) is 4.40 Å². The zero-order valence-corrected chi connectivity index (χ0v) is 9.46. The van der Waals surface area contributed by atoms with E-state index in [1.165, 1.54) is 0 Å². The first-order valence-corrected chi connectivity index (χ1v) is 5.59. The minimum atomic E-state index is -0.114. The van der Waals surface area contributed by atoms with Gasteiger partial charge < -0.3 is 10.7 Å². The van der Waals surface area contributed by atoms with Crippen LogP contribution in [0, 0.1) is 0 Å². The van der Waals surface area contributed by atoms with Gasteiger partial charge in [-0.05, 0) is 6.42 Å². The molecule has 0 aromatic carbocycles. The van der Waals surface area contributed by atoms with E-state index in [-0.39, 0.29) is 6.04 Å². The monoisotopic (exact) mass is 231 g/mol. The highest BCUT2D eigenvalue weighted by Crippen LogP contribution is 2.18. The number of nitrogens with two attached hydrogens (primary N) is 1. The van der Waals surface area contributed by atoms with Gasteiger partial charge in [-0.15, -0.1) is 10.2 Å². The van der Waals surface area contributed by atoms with Crippen molar-refractivity contribution in [1.29, 1.82) is 0 Å². The van der Waals surface area contributed by atoms with E-state index >= 15 is 0 Å². The van der Waals surface area contributed by atoms with E-state index in [1.54, 1.807) is 12.7 Å². The number of fused-ring (bicyclic) bond motifs is 3. The fraction of sp³-hybridized carbons (Fsp3) is 0.400. The number of H-pyrrole nitrogens is 1. The fourth-order valence-corrected chi connectivity index (χ4v) is 1.94. The molecule has 0 bridgehead atoms. The molecule has 1 atom stereocenters. The number of rotatable bonds is 3. The standard InChI is InChI=1S/C10H13N7/c1-2-3-6(11)9-15-16-10-7-8(13-4-12-7)14-5-17(9)10/h4-6H,2-3,11H2,1H3,(H,12,13). The van der Waals surface area contributed by atoms with Gasteiger partial charge in [0.15, 0.2) is 17.1 Å². The smallest absolute Gasteiger partial charge is 0.189 e. The quantitative estimate of drug-likeness (QED) is 0.694. The third-order valence-corrected chi connectivity index (χ3v) is 2.79. The first kappa shape index (κ1) is 10.2. The molecule has 0 aliphatic rings. The van der Waals surface area contributed by atoms with Gasteiger partial charge in [0.25, 0.3) is 0 Å². The van der Waals surface area contributed by atoms with Crippen LogP contribution in [0.3, 0.4) is 0 Å². The zero-order valence-electron chi connectivity index (χ0n) is 9.46. The molecule has 88 valence electrons. The van der Waals surface area contributed by atoms with Crippen molar-refractivity contribution in [3.63, 3.8) is 0 Å². The molecule has 0 aliphatic heterocycles. The van der Waals surface area contributed by atoms with Crippen molar-refractivity contribution in [1.82, 2.24) is 29.5 Å². The van der Waals surface area contributed by atoms with Crippen molar-refractivity contribution in [2.75, 3.05) is 0 Å². The maximum atomic E-state index is 6.06. The van der Waals surface area contributed by atoms with Gasteiger partial charge in [0.1, 0.15) is 11.8 Å². The topological polar surface area (TPSA) is 97.8 Å². The van der Waals surface area contributed by atoms with Crippen molar-refractivity contribution in [3.05, 3.63) is 18.5 Å². The highest BCUT2D eigenvalue weighted by Gasteiger charge is 2.15. The van der Waals surface area contributed by atoms with Crippen molar-refractivity contribution in [2.45, 2.75) is 25.8 Å². The van der Waals surface area contributed by atoms with E-state index < -0.39 is 0 Å². The number of nitrogens with zero attached hydrogens (tertiary/aromatic N) is 5. The van der Waals surface area contributed by atoms with E-state index in [0.717, 1.165) is 24.2 Å². The number of hydrogen-bond donors (Lipinski definition) is 2. The summed E-state index contributed by atoms with van der Waals surface area (Å²) >= 11 is 0. The Bertz CT molecular complexity index is 653. The van der Waals surface area contributed by atoms with Crippen LogP contribution in [0.5, 0.6) is 0 Å². The normalized spacial score (nSPS) is 13.5. The molecule has 0 radical (unpaired) electrons. The SMILES string of the molecule is CCCC(N)c1nnc2c3[nH]cnc3ncn12. The van der Waals surface area contributed by atoms with Crippen LogP contribution in [0.4, 0.5) is 0 Å². The molecule has 0 fully saturated rings. The molecular formula is C10H13N7. The van der Waals surface area contributed by atoms with E-state index in [1.807, 2.05) is 4.40 Å². The van der Waals surface area contributed by atoms with Crippen LogP contribution < -0.4 is 5.73 Å². The summed E-state index contributed by atoms with van der Waals surface area (Å²) in [5.74, 6) is 0.742. The lowest BCUT2D eigenvalue weighted by Crippen LogP contribution is -2.13. The Morgan fingerprint density at radius 1 is 1.41 bits per heavy atom. The summed E-state index contributed by atoms with van der Waals surface area (Å²) in [7, 11) is 0. The molecule has 3 aromatic heterocycles. The van der Waals surface area contributed by atoms with Gasteiger partial charge in [-0.25, -0.2) is 9.97 Å². The minimum Gasteiger partial charge on any atom is -0.340 e. The van der Waals surface area contributed by atoms with Crippen LogP contribution in [0.15, 0.2) is 12.7 Å². The maximum Gasteiger partial charge on any atom is 0.189 e. The second-order valence-electron chi connectivity index (χ2n) is 3.99. The molecule has 3 heterocycles. The molecule has 0 amide bonds. The molecular weight excluding hydrogens is 218 g/mol. The molecule has 0 saturated heterocycles. The predicted octanol–water partition coefficient (Wildman–Crippen LogP) is 0.800. The van der Waals surface area contributed by atoms with Gasteiger partial charge in [0.2, 0.25) is 0 Å². The Labute approximate surface area is 97.1 Å². The lowest BCUT2D eigenvalue weighted by atomic mass is 10.2. The number of imidazole rings is 1. The second-order valence-corrected chi connectivity index (χ2v) is 3.99. The zero-order chi connectivity index (χ0) is 11.8. The van der Waals surface area contributed by atoms with Gasteiger partial charge in [-0.1, -0.05) is 13.3 Å². The largest absolute Gasteiger partial charge is 0.340 e. The van der Waals surface area contributed by atoms with Crippen LogP contribution in [0.1, 0.15) is 31.6 Å². The average Bonchev–Trinajstić information content (AvgIpc) is 2.94. The molecule has 0 aliphatic carbocycles. The lowest BCUT2D eigenvalue weighted by molar-refractivity contribution is 0.595. The van der Waals surface area contributed by atoms with Crippen molar-refractivity contribution >= 4 is 16.8 Å². The lowest BCUT2D eigenvalue weighted by Gasteiger charge is -2.07. The Balaban J connectivity index is 2.21. The highest BCUT2D eigenvalue weighted by molar-refractivity contribution is 5.84. The highest BCUT2D eigenvalue weighted by atomic mass is 15.3. The van der Waals surface area contributed by atoms with Crippen LogP contribution in [0.2, 0.25) is 0 Å². The molecule has 3 N–H and O–H groups in total. The summed E-state index contributed by atoms with van der Waals surface area (Å²) in [6.07, 6.45) is 5.15. The Morgan fingerprint density at radius 3 is 3.12 bits per heavy atom. The Kier molecular flexibility index (Phi) is 2.25. The minimum absolute atomic E-state index is 0.114. The molecule has 0 spiro atoms. The van der Waals surface area contributed by atoms with Crippen molar-refractivity contribution in [3.8, 4) is 0 Å². The molecule has 3 aromatic rings. The summed E-state index contributed by atoms with van der Waals surface area (Å²) < 4.78 is 1.82. The third-order valence-electron chi connectivity index (χ3n) is 2.79. The number of aromatic amines is 1. The maximum absolute atomic E-state index is 6.06. The molecule has 17 heavy (non-hydrogen) atoms. The summed E-state index contributed by atoms with van der Waals surface area (Å²) in [6.45, 7) is 2.09. The third kappa shape index (κ3) is 1.47. The van der Waals surface area contributed by atoms with Gasteiger partial charge in [0, 0.05) is 0 Å².